The van der Waals surface area contributed by atoms with E-state index in [1.807, 2.05) is 22.8 Å². The smallest absolute Gasteiger partial charge is 0.290 e. The molecule has 0 spiro atoms. The second-order valence-corrected chi connectivity index (χ2v) is 9.04. The molecule has 3 saturated heterocycles. The molecule has 3 aliphatic heterocycles. The number of hydrogen-bond donors (Lipinski definition) is 1. The number of H-pyrrole nitrogens is 1. The van der Waals surface area contributed by atoms with Gasteiger partial charge in [0.25, 0.3) is 5.91 Å². The van der Waals surface area contributed by atoms with Crippen LogP contribution in [0.15, 0.2) is 23.1 Å². The highest BCUT2D eigenvalue weighted by atomic mass is 16.3. The molecule has 5 heterocycles. The molecule has 8 nitrogen and oxygen atoms in total. The number of hydrogen-bond acceptors (Lipinski definition) is 5. The van der Waals surface area contributed by atoms with Crippen molar-refractivity contribution >= 4 is 11.8 Å². The van der Waals surface area contributed by atoms with Gasteiger partial charge in [-0.05, 0) is 51.5 Å². The van der Waals surface area contributed by atoms with E-state index in [2.05, 4.69) is 22.1 Å². The van der Waals surface area contributed by atoms with Crippen molar-refractivity contribution in [2.24, 2.45) is 5.41 Å². The maximum atomic E-state index is 13.8. The minimum atomic E-state index is -0.474. The quantitative estimate of drug-likeness (QED) is 0.835. The van der Waals surface area contributed by atoms with Crippen LogP contribution in [0.2, 0.25) is 0 Å². The van der Waals surface area contributed by atoms with E-state index >= 15 is 0 Å². The molecule has 5 rings (SSSR count). The molecule has 3 fully saturated rings. The summed E-state index contributed by atoms with van der Waals surface area (Å²) in [5.74, 6) is 1.82. The van der Waals surface area contributed by atoms with Gasteiger partial charge in [0.05, 0.1) is 11.7 Å². The fourth-order valence-electron chi connectivity index (χ4n) is 6.04. The molecule has 2 aromatic heterocycles. The van der Waals surface area contributed by atoms with Crippen LogP contribution in [-0.2, 0) is 4.79 Å². The summed E-state index contributed by atoms with van der Waals surface area (Å²) in [6, 6.07) is 1.91. The fraction of sp³-hybridized carbons (Fsp3) is 0.636. The van der Waals surface area contributed by atoms with Crippen LogP contribution in [0.3, 0.4) is 0 Å². The van der Waals surface area contributed by atoms with E-state index in [0.29, 0.717) is 11.7 Å². The second kappa shape index (κ2) is 7.25. The molecule has 2 amide bonds. The Morgan fingerprint density at radius 2 is 2.07 bits per heavy atom. The van der Waals surface area contributed by atoms with Gasteiger partial charge in [0.15, 0.2) is 5.76 Å². The summed E-state index contributed by atoms with van der Waals surface area (Å²) in [6.45, 7) is 5.45. The number of rotatable bonds is 4. The number of aryl methyl sites for hydroxylation is 1. The molecule has 3 aliphatic rings. The van der Waals surface area contributed by atoms with Crippen molar-refractivity contribution in [2.45, 2.75) is 70.4 Å². The third kappa shape index (κ3) is 2.80. The number of fused-ring (bicyclic) bond motifs is 2. The minimum absolute atomic E-state index is 0.0380. The van der Waals surface area contributed by atoms with Crippen molar-refractivity contribution in [2.75, 3.05) is 13.1 Å². The zero-order valence-electron chi connectivity index (χ0n) is 17.6. The number of nitrogens with one attached hydrogen (secondary N) is 1. The molecule has 0 saturated carbocycles. The predicted octanol–water partition coefficient (Wildman–Crippen LogP) is 2.89. The Balaban J connectivity index is 1.34. The summed E-state index contributed by atoms with van der Waals surface area (Å²) in [6.07, 6.45) is 8.28. The van der Waals surface area contributed by atoms with Crippen LogP contribution >= 0.6 is 0 Å². The average Bonchev–Trinajstić information content (AvgIpc) is 3.56. The number of aromatic nitrogens is 3. The van der Waals surface area contributed by atoms with Gasteiger partial charge in [-0.1, -0.05) is 6.92 Å². The van der Waals surface area contributed by atoms with Gasteiger partial charge in [0.1, 0.15) is 12.2 Å². The molecule has 3 atom stereocenters. The molecule has 30 heavy (non-hydrogen) atoms. The molecule has 0 unspecified atom stereocenters. The predicted molar refractivity (Wildman–Crippen MR) is 109 cm³/mol. The van der Waals surface area contributed by atoms with Crippen molar-refractivity contribution in [3.05, 3.63) is 35.8 Å². The Labute approximate surface area is 176 Å². The normalized spacial score (nSPS) is 29.0. The van der Waals surface area contributed by atoms with Gasteiger partial charge >= 0.3 is 0 Å². The number of nitrogens with zero attached hydrogens (tertiary/aromatic N) is 4. The standard InChI is InChI=1S/C22H29N5O3/c1-3-22(21(29)26-9-6-15(7-10-26)19-23-13-24-25-19)12-16-4-5-17(22)27(16)20(28)18-14(2)8-11-30-18/h8,11,13,15-17H,3-7,9-10,12H2,1-2H3,(H,23,24,25)/t16-,17+,22+/m1/s1. The number of carbonyl (C=O) groups excluding carboxylic acids is 2. The van der Waals surface area contributed by atoms with E-state index in [1.165, 1.54) is 0 Å². The zero-order valence-corrected chi connectivity index (χ0v) is 17.6. The van der Waals surface area contributed by atoms with E-state index < -0.39 is 5.41 Å². The van der Waals surface area contributed by atoms with Crippen molar-refractivity contribution in [3.63, 3.8) is 0 Å². The van der Waals surface area contributed by atoms with Gasteiger partial charge in [0.2, 0.25) is 5.91 Å². The topological polar surface area (TPSA) is 95.3 Å². The number of aromatic amines is 1. The Hall–Kier alpha value is -2.64. The summed E-state index contributed by atoms with van der Waals surface area (Å²) in [4.78, 5) is 35.3. The zero-order chi connectivity index (χ0) is 20.9. The Kier molecular flexibility index (Phi) is 4.67. The van der Waals surface area contributed by atoms with Crippen molar-refractivity contribution < 1.29 is 14.0 Å². The first-order valence-corrected chi connectivity index (χ1v) is 11.1. The van der Waals surface area contributed by atoms with Crippen LogP contribution in [0.5, 0.6) is 0 Å². The van der Waals surface area contributed by atoms with Crippen molar-refractivity contribution in [3.8, 4) is 0 Å². The van der Waals surface area contributed by atoms with Crippen LogP contribution in [0.1, 0.15) is 73.3 Å². The van der Waals surface area contributed by atoms with E-state index in [1.54, 1.807) is 12.6 Å². The number of piperidine rings is 1. The van der Waals surface area contributed by atoms with Crippen LogP contribution in [-0.4, -0.2) is 62.0 Å². The van der Waals surface area contributed by atoms with Crippen LogP contribution in [0.4, 0.5) is 0 Å². The lowest BCUT2D eigenvalue weighted by Crippen LogP contribution is -2.52. The van der Waals surface area contributed by atoms with Gasteiger partial charge < -0.3 is 14.2 Å². The number of furan rings is 1. The minimum Gasteiger partial charge on any atom is -0.459 e. The molecule has 0 radical (unpaired) electrons. The molecule has 2 aromatic rings. The summed E-state index contributed by atoms with van der Waals surface area (Å²) in [5, 5.41) is 6.92. The highest BCUT2D eigenvalue weighted by molar-refractivity contribution is 5.95. The molecule has 8 heteroatoms. The number of carbonyl (C=O) groups is 2. The first-order chi connectivity index (χ1) is 14.5. The van der Waals surface area contributed by atoms with Gasteiger partial charge in [0, 0.05) is 36.7 Å². The Morgan fingerprint density at radius 3 is 2.70 bits per heavy atom. The van der Waals surface area contributed by atoms with Crippen LogP contribution in [0, 0.1) is 12.3 Å². The highest BCUT2D eigenvalue weighted by Crippen LogP contribution is 2.53. The van der Waals surface area contributed by atoms with E-state index in [9.17, 15) is 9.59 Å². The average molecular weight is 412 g/mol. The number of likely N-dealkylation sites (tertiary alicyclic amines) is 1. The molecule has 2 bridgehead atoms. The fourth-order valence-corrected chi connectivity index (χ4v) is 6.04. The van der Waals surface area contributed by atoms with E-state index in [0.717, 1.165) is 63.0 Å². The highest BCUT2D eigenvalue weighted by Gasteiger charge is 2.61. The summed E-state index contributed by atoms with van der Waals surface area (Å²) in [5.41, 5.74) is 0.382. The summed E-state index contributed by atoms with van der Waals surface area (Å²) < 4.78 is 5.49. The monoisotopic (exact) mass is 411 g/mol. The Morgan fingerprint density at radius 1 is 1.27 bits per heavy atom. The Bertz CT molecular complexity index is 930. The summed E-state index contributed by atoms with van der Waals surface area (Å²) >= 11 is 0. The SMILES string of the molecule is CC[C@]1(C(=O)N2CCC(c3ncn[nH]3)CC2)C[C@H]2CC[C@@H]1N2C(=O)c1occc1C. The molecule has 0 aromatic carbocycles. The molecule has 0 aliphatic carbocycles. The van der Waals surface area contributed by atoms with Crippen LogP contribution < -0.4 is 0 Å². The molecular formula is C22H29N5O3. The molecular weight excluding hydrogens is 382 g/mol. The molecule has 1 N–H and O–H groups in total. The van der Waals surface area contributed by atoms with Gasteiger partial charge in [-0.3, -0.25) is 14.7 Å². The van der Waals surface area contributed by atoms with Gasteiger partial charge in [-0.15, -0.1) is 0 Å². The van der Waals surface area contributed by atoms with Crippen molar-refractivity contribution in [1.82, 2.24) is 25.0 Å². The van der Waals surface area contributed by atoms with Crippen LogP contribution in [0.25, 0.3) is 0 Å². The largest absolute Gasteiger partial charge is 0.459 e. The number of amides is 2. The maximum absolute atomic E-state index is 13.8. The third-order valence-corrected chi connectivity index (χ3v) is 7.69. The molecule has 160 valence electrons. The summed E-state index contributed by atoms with van der Waals surface area (Å²) in [7, 11) is 0. The third-order valence-electron chi connectivity index (χ3n) is 7.69. The van der Waals surface area contributed by atoms with Gasteiger partial charge in [-0.2, -0.15) is 5.10 Å². The second-order valence-electron chi connectivity index (χ2n) is 9.04. The lowest BCUT2D eigenvalue weighted by molar-refractivity contribution is -0.145. The lowest BCUT2D eigenvalue weighted by Gasteiger charge is -2.41. The van der Waals surface area contributed by atoms with Crippen molar-refractivity contribution in [1.29, 1.82) is 0 Å². The van der Waals surface area contributed by atoms with E-state index in [-0.39, 0.29) is 23.9 Å². The maximum Gasteiger partial charge on any atom is 0.290 e. The lowest BCUT2D eigenvalue weighted by atomic mass is 9.70. The first kappa shape index (κ1) is 19.3. The first-order valence-electron chi connectivity index (χ1n) is 11.1. The van der Waals surface area contributed by atoms with E-state index in [4.69, 9.17) is 4.42 Å². The van der Waals surface area contributed by atoms with Gasteiger partial charge in [-0.25, -0.2) is 4.98 Å².